The van der Waals surface area contributed by atoms with Crippen LogP contribution in [0.2, 0.25) is 0 Å². The van der Waals surface area contributed by atoms with Crippen LogP contribution in [-0.4, -0.2) is 44.7 Å². The molecule has 1 amide bonds. The summed E-state index contributed by atoms with van der Waals surface area (Å²) in [5.74, 6) is 0.446. The first-order chi connectivity index (χ1) is 14.2. The van der Waals surface area contributed by atoms with E-state index < -0.39 is 0 Å². The number of aldehydes is 1. The van der Waals surface area contributed by atoms with Crippen LogP contribution in [0.3, 0.4) is 0 Å². The van der Waals surface area contributed by atoms with Gasteiger partial charge in [-0.1, -0.05) is 36.7 Å². The Morgan fingerprint density at radius 3 is 2.70 bits per heavy atom. The fourth-order valence-electron chi connectivity index (χ4n) is 3.32. The van der Waals surface area contributed by atoms with Crippen LogP contribution in [0.5, 0.6) is 0 Å². The number of hydrogen-bond donors (Lipinski definition) is 2. The predicted molar refractivity (Wildman–Crippen MR) is 128 cm³/mol. The number of halogens is 1. The largest absolute Gasteiger partial charge is 0.496 e. The van der Waals surface area contributed by atoms with Crippen molar-refractivity contribution in [3.63, 3.8) is 0 Å². The first-order valence-electron chi connectivity index (χ1n) is 9.86. The number of methoxy groups -OCH3 is 1. The molecular weight excluding hydrogens is 466 g/mol. The minimum Gasteiger partial charge on any atom is -0.496 e. The van der Waals surface area contributed by atoms with E-state index in [9.17, 15) is 9.59 Å². The highest BCUT2D eigenvalue weighted by Crippen LogP contribution is 2.44. The number of carbonyl (C=O) groups is 2. The summed E-state index contributed by atoms with van der Waals surface area (Å²) < 4.78 is 8.45. The van der Waals surface area contributed by atoms with Gasteiger partial charge in [-0.2, -0.15) is 0 Å². The van der Waals surface area contributed by atoms with Crippen LogP contribution in [0.15, 0.2) is 39.7 Å². The monoisotopic (exact) mass is 495 g/mol. The van der Waals surface area contributed by atoms with Crippen molar-refractivity contribution in [3.8, 4) is 0 Å². The molecule has 1 unspecified atom stereocenters. The van der Waals surface area contributed by atoms with E-state index in [0.29, 0.717) is 28.4 Å². The molecule has 0 aliphatic carbocycles. The maximum atomic E-state index is 13.1. The van der Waals surface area contributed by atoms with Crippen LogP contribution in [-0.2, 0) is 9.53 Å². The zero-order valence-electron chi connectivity index (χ0n) is 18.3. The first kappa shape index (κ1) is 24.3. The van der Waals surface area contributed by atoms with Crippen molar-refractivity contribution in [3.05, 3.63) is 50.8 Å². The van der Waals surface area contributed by atoms with Crippen LogP contribution in [0, 0.1) is 0 Å². The number of anilines is 1. The summed E-state index contributed by atoms with van der Waals surface area (Å²) >= 11 is 5.32. The van der Waals surface area contributed by atoms with Gasteiger partial charge in [-0.25, -0.2) is 0 Å². The van der Waals surface area contributed by atoms with Crippen molar-refractivity contribution in [1.82, 2.24) is 10.6 Å². The molecular formula is C22H30BrN3O3S. The Morgan fingerprint density at radius 2 is 2.13 bits per heavy atom. The fraction of sp³-hybridized carbons (Fsp3) is 0.455. The molecule has 1 heterocycles. The van der Waals surface area contributed by atoms with Gasteiger partial charge >= 0.3 is 0 Å². The predicted octanol–water partition coefficient (Wildman–Crippen LogP) is 4.38. The Kier molecular flexibility index (Phi) is 8.85. The second-order valence-electron chi connectivity index (χ2n) is 7.47. The molecule has 0 fully saturated rings. The van der Waals surface area contributed by atoms with Gasteiger partial charge in [0.1, 0.15) is 5.76 Å². The summed E-state index contributed by atoms with van der Waals surface area (Å²) in [6.07, 6.45) is 2.45. The number of amides is 1. The van der Waals surface area contributed by atoms with E-state index in [1.54, 1.807) is 25.1 Å². The van der Waals surface area contributed by atoms with Gasteiger partial charge in [-0.3, -0.25) is 9.59 Å². The summed E-state index contributed by atoms with van der Waals surface area (Å²) in [5.41, 5.74) is 3.95. The van der Waals surface area contributed by atoms with Gasteiger partial charge in [0.15, 0.2) is 6.29 Å². The molecule has 30 heavy (non-hydrogen) atoms. The molecule has 164 valence electrons. The molecule has 1 aromatic carbocycles. The highest BCUT2D eigenvalue weighted by Gasteiger charge is 2.31. The van der Waals surface area contributed by atoms with Crippen LogP contribution in [0.25, 0.3) is 0 Å². The second kappa shape index (κ2) is 10.9. The SMILES string of the molecule is CN/C(C)=C\C(OC)=C(/C=O)CNC(=O)c1cc(Br)cc2c1C(C)CN2SC(C)C. The van der Waals surface area contributed by atoms with Crippen LogP contribution < -0.4 is 14.9 Å². The second-order valence-corrected chi connectivity index (χ2v) is 9.98. The van der Waals surface area contributed by atoms with Gasteiger partial charge < -0.3 is 19.7 Å². The number of fused-ring (bicyclic) bond motifs is 1. The molecule has 1 aromatic rings. The molecule has 0 aromatic heterocycles. The summed E-state index contributed by atoms with van der Waals surface area (Å²) in [5, 5.41) is 6.32. The standard InChI is InChI=1S/C22H30BrN3O3S/c1-13(2)30-26-11-14(3)21-18(8-17(23)9-19(21)26)22(28)25-10-16(12-27)20(29-6)7-15(4)24-5/h7-9,12-14,24H,10-11H2,1-6H3,(H,25,28)/b15-7-,20-16+. The number of hydrogen-bond acceptors (Lipinski definition) is 6. The van der Waals surface area contributed by atoms with E-state index in [1.807, 2.05) is 13.0 Å². The Morgan fingerprint density at radius 1 is 1.43 bits per heavy atom. The number of carbonyl (C=O) groups excluding carboxylic acids is 2. The van der Waals surface area contributed by atoms with E-state index in [-0.39, 0.29) is 18.4 Å². The lowest BCUT2D eigenvalue weighted by Crippen LogP contribution is -2.28. The van der Waals surface area contributed by atoms with Gasteiger partial charge in [0.25, 0.3) is 5.91 Å². The smallest absolute Gasteiger partial charge is 0.251 e. The molecule has 8 heteroatoms. The van der Waals surface area contributed by atoms with E-state index in [2.05, 4.69) is 57.7 Å². The zero-order valence-corrected chi connectivity index (χ0v) is 20.7. The molecule has 0 radical (unpaired) electrons. The number of benzene rings is 1. The molecule has 0 spiro atoms. The summed E-state index contributed by atoms with van der Waals surface area (Å²) in [7, 11) is 3.29. The Bertz CT molecular complexity index is 867. The number of rotatable bonds is 9. The summed E-state index contributed by atoms with van der Waals surface area (Å²) in [4.78, 5) is 24.7. The minimum atomic E-state index is -0.208. The van der Waals surface area contributed by atoms with Crippen molar-refractivity contribution in [1.29, 1.82) is 0 Å². The van der Waals surface area contributed by atoms with Crippen molar-refractivity contribution >= 4 is 45.8 Å². The third kappa shape index (κ3) is 5.82. The van der Waals surface area contributed by atoms with E-state index in [0.717, 1.165) is 28.0 Å². The van der Waals surface area contributed by atoms with E-state index in [4.69, 9.17) is 4.74 Å². The van der Waals surface area contributed by atoms with Gasteiger partial charge in [0.2, 0.25) is 0 Å². The quantitative estimate of drug-likeness (QED) is 0.174. The molecule has 1 atom stereocenters. The van der Waals surface area contributed by atoms with Crippen molar-refractivity contribution in [2.45, 2.75) is 38.9 Å². The number of allylic oxidation sites excluding steroid dienone is 2. The molecule has 1 aliphatic heterocycles. The third-order valence-electron chi connectivity index (χ3n) is 4.77. The van der Waals surface area contributed by atoms with Crippen molar-refractivity contribution in [2.24, 2.45) is 0 Å². The topological polar surface area (TPSA) is 70.7 Å². The molecule has 2 N–H and O–H groups in total. The summed E-state index contributed by atoms with van der Waals surface area (Å²) in [6.45, 7) is 9.26. The normalized spacial score (nSPS) is 16.9. The van der Waals surface area contributed by atoms with Crippen molar-refractivity contribution in [2.75, 3.05) is 31.6 Å². The zero-order chi connectivity index (χ0) is 22.4. The van der Waals surface area contributed by atoms with Gasteiger partial charge in [0, 0.05) is 47.0 Å². The van der Waals surface area contributed by atoms with Crippen LogP contribution in [0.1, 0.15) is 49.5 Å². The number of nitrogens with one attached hydrogen (secondary N) is 2. The maximum absolute atomic E-state index is 13.1. The third-order valence-corrected chi connectivity index (χ3v) is 6.25. The lowest BCUT2D eigenvalue weighted by atomic mass is 9.97. The average Bonchev–Trinajstić information content (AvgIpc) is 3.00. The van der Waals surface area contributed by atoms with Gasteiger partial charge in [-0.05, 0) is 42.6 Å². The Balaban J connectivity index is 2.31. The molecule has 0 saturated heterocycles. The number of ether oxygens (including phenoxy) is 1. The minimum absolute atomic E-state index is 0.0825. The molecule has 2 rings (SSSR count). The van der Waals surface area contributed by atoms with Crippen LogP contribution >= 0.6 is 27.9 Å². The van der Waals surface area contributed by atoms with Gasteiger partial charge in [0.05, 0.1) is 18.4 Å². The van der Waals surface area contributed by atoms with E-state index >= 15 is 0 Å². The molecule has 1 aliphatic rings. The van der Waals surface area contributed by atoms with Crippen molar-refractivity contribution < 1.29 is 14.3 Å². The van der Waals surface area contributed by atoms with E-state index in [1.165, 1.54) is 7.11 Å². The lowest BCUT2D eigenvalue weighted by Gasteiger charge is -2.21. The molecule has 0 saturated carbocycles. The highest BCUT2D eigenvalue weighted by atomic mass is 79.9. The maximum Gasteiger partial charge on any atom is 0.251 e. The first-order valence-corrected chi connectivity index (χ1v) is 11.5. The average molecular weight is 496 g/mol. The number of nitrogens with zero attached hydrogens (tertiary/aromatic N) is 1. The van der Waals surface area contributed by atoms with Crippen LogP contribution in [0.4, 0.5) is 5.69 Å². The Labute approximate surface area is 191 Å². The lowest BCUT2D eigenvalue weighted by molar-refractivity contribution is -0.105. The fourth-order valence-corrected chi connectivity index (χ4v) is 4.85. The molecule has 6 nitrogen and oxygen atoms in total. The Hall–Kier alpha value is -1.93. The summed E-state index contributed by atoms with van der Waals surface area (Å²) in [6, 6.07) is 3.91. The molecule has 0 bridgehead atoms. The van der Waals surface area contributed by atoms with Gasteiger partial charge in [-0.15, -0.1) is 0 Å². The highest BCUT2D eigenvalue weighted by molar-refractivity contribution is 9.10.